The molecule has 0 saturated carbocycles. The van der Waals surface area contributed by atoms with Crippen LogP contribution in [0.1, 0.15) is 33.6 Å². The summed E-state index contributed by atoms with van der Waals surface area (Å²) in [7, 11) is 0. The van der Waals surface area contributed by atoms with Crippen LogP contribution in [-0.4, -0.2) is 11.7 Å². The largest absolute Gasteiger partial charge is 0.430 e. The molecule has 0 heterocycles. The van der Waals surface area contributed by atoms with Gasteiger partial charge in [-0.3, -0.25) is 5.32 Å². The summed E-state index contributed by atoms with van der Waals surface area (Å²) in [4.78, 5) is 11.8. The Bertz CT molecular complexity index is 510. The molecule has 0 saturated heterocycles. The van der Waals surface area contributed by atoms with Gasteiger partial charge in [0.25, 0.3) is 0 Å². The predicted octanol–water partition coefficient (Wildman–Crippen LogP) is 4.37. The second kappa shape index (κ2) is 7.40. The van der Waals surface area contributed by atoms with Gasteiger partial charge in [-0.05, 0) is 39.3 Å². The third kappa shape index (κ3) is 5.62. The first kappa shape index (κ1) is 15.8. The van der Waals surface area contributed by atoms with Crippen LogP contribution in [0.5, 0.6) is 0 Å². The highest BCUT2D eigenvalue weighted by atomic mass is 16.6. The van der Waals surface area contributed by atoms with E-state index in [1.54, 1.807) is 19.1 Å². The zero-order valence-corrected chi connectivity index (χ0v) is 12.3. The van der Waals surface area contributed by atoms with Gasteiger partial charge in [0, 0.05) is 12.1 Å². The Morgan fingerprint density at radius 3 is 2.60 bits per heavy atom. The van der Waals surface area contributed by atoms with Crippen LogP contribution in [0.2, 0.25) is 0 Å². The molecule has 0 aliphatic heterocycles. The molecule has 106 valence electrons. The van der Waals surface area contributed by atoms with Gasteiger partial charge in [0.1, 0.15) is 0 Å². The third-order valence-electron chi connectivity index (χ3n) is 2.82. The number of terminal acetylenes is 1. The molecule has 1 aromatic rings. The Labute approximate surface area is 121 Å². The molecule has 0 aliphatic carbocycles. The van der Waals surface area contributed by atoms with Gasteiger partial charge in [-0.25, -0.2) is 4.79 Å². The van der Waals surface area contributed by atoms with Crippen LogP contribution in [0.4, 0.5) is 10.5 Å². The van der Waals surface area contributed by atoms with Crippen molar-refractivity contribution >= 4 is 11.8 Å². The number of amides is 1. The number of carbonyl (C=O) groups excluding carboxylic acids is 1. The number of allylic oxidation sites excluding steroid dienone is 2. The van der Waals surface area contributed by atoms with Crippen molar-refractivity contribution in [3.05, 3.63) is 42.0 Å². The number of rotatable bonds is 5. The van der Waals surface area contributed by atoms with Gasteiger partial charge in [-0.1, -0.05) is 35.8 Å². The maximum Gasteiger partial charge on any atom is 0.413 e. The van der Waals surface area contributed by atoms with Crippen molar-refractivity contribution in [1.29, 1.82) is 0 Å². The summed E-state index contributed by atoms with van der Waals surface area (Å²) in [6, 6.07) is 9.13. The van der Waals surface area contributed by atoms with Gasteiger partial charge >= 0.3 is 6.09 Å². The molecular formula is C17H21NO2. The molecule has 0 fully saturated rings. The number of hydrogen-bond donors (Lipinski definition) is 1. The first-order valence-corrected chi connectivity index (χ1v) is 6.61. The molecular weight excluding hydrogens is 250 g/mol. The summed E-state index contributed by atoms with van der Waals surface area (Å²) in [5, 5.41) is 2.66. The number of hydrogen-bond acceptors (Lipinski definition) is 2. The van der Waals surface area contributed by atoms with E-state index in [0.717, 1.165) is 6.42 Å². The number of ether oxygens (including phenoxy) is 1. The van der Waals surface area contributed by atoms with Crippen molar-refractivity contribution in [2.75, 3.05) is 5.32 Å². The number of carbonyl (C=O) groups is 1. The van der Waals surface area contributed by atoms with Crippen molar-refractivity contribution in [3.8, 4) is 12.3 Å². The van der Waals surface area contributed by atoms with E-state index in [1.165, 1.54) is 5.57 Å². The topological polar surface area (TPSA) is 38.3 Å². The molecule has 0 bridgehead atoms. The summed E-state index contributed by atoms with van der Waals surface area (Å²) < 4.78 is 5.36. The van der Waals surface area contributed by atoms with Crippen molar-refractivity contribution in [2.24, 2.45) is 0 Å². The average molecular weight is 271 g/mol. The SMILES string of the molecule is C#C[C@@](C)(CCC=C(C)C)OC(=O)Nc1ccccc1. The fourth-order valence-corrected chi connectivity index (χ4v) is 1.66. The maximum absolute atomic E-state index is 11.8. The predicted molar refractivity (Wildman–Crippen MR) is 82.4 cm³/mol. The summed E-state index contributed by atoms with van der Waals surface area (Å²) in [6.45, 7) is 5.79. The van der Waals surface area contributed by atoms with Gasteiger partial charge < -0.3 is 4.74 Å². The van der Waals surface area contributed by atoms with Gasteiger partial charge in [0.2, 0.25) is 0 Å². The lowest BCUT2D eigenvalue weighted by molar-refractivity contribution is 0.0722. The van der Waals surface area contributed by atoms with Crippen LogP contribution < -0.4 is 5.32 Å². The molecule has 1 atom stereocenters. The van der Waals surface area contributed by atoms with Crippen LogP contribution in [0.3, 0.4) is 0 Å². The Hall–Kier alpha value is -2.21. The van der Waals surface area contributed by atoms with Crippen LogP contribution >= 0.6 is 0 Å². The summed E-state index contributed by atoms with van der Waals surface area (Å²) in [6.07, 6.45) is 8.41. The second-order valence-corrected chi connectivity index (χ2v) is 5.08. The minimum absolute atomic E-state index is 0.533. The van der Waals surface area contributed by atoms with Gasteiger partial charge in [-0.2, -0.15) is 0 Å². The standard InChI is InChI=1S/C17H21NO2/c1-5-17(4,13-9-10-14(2)3)20-16(19)18-15-11-7-6-8-12-15/h1,6-8,10-12H,9,13H2,2-4H3,(H,18,19)/t17-/m0/s1. The molecule has 1 amide bonds. The molecule has 0 aromatic heterocycles. The van der Waals surface area contributed by atoms with Crippen LogP contribution in [0.25, 0.3) is 0 Å². The molecule has 0 radical (unpaired) electrons. The quantitative estimate of drug-likeness (QED) is 0.637. The van der Waals surface area contributed by atoms with E-state index in [-0.39, 0.29) is 0 Å². The molecule has 20 heavy (non-hydrogen) atoms. The first-order chi connectivity index (χ1) is 9.45. The van der Waals surface area contributed by atoms with E-state index in [1.807, 2.05) is 32.0 Å². The summed E-state index contributed by atoms with van der Waals surface area (Å²) in [5.41, 5.74) is 1.00. The van der Waals surface area contributed by atoms with Crippen LogP contribution in [0.15, 0.2) is 42.0 Å². The van der Waals surface area contributed by atoms with Crippen LogP contribution in [0, 0.1) is 12.3 Å². The molecule has 1 N–H and O–H groups in total. The van der Waals surface area contributed by atoms with E-state index in [9.17, 15) is 4.79 Å². The Kier molecular flexibility index (Phi) is 5.86. The van der Waals surface area contributed by atoms with E-state index in [2.05, 4.69) is 17.3 Å². The molecule has 3 nitrogen and oxygen atoms in total. The fourth-order valence-electron chi connectivity index (χ4n) is 1.66. The highest BCUT2D eigenvalue weighted by Gasteiger charge is 2.25. The third-order valence-corrected chi connectivity index (χ3v) is 2.82. The molecule has 1 aromatic carbocycles. The number of anilines is 1. The number of para-hydroxylation sites is 1. The molecule has 0 unspecified atom stereocenters. The first-order valence-electron chi connectivity index (χ1n) is 6.61. The Balaban J connectivity index is 2.57. The lowest BCUT2D eigenvalue weighted by Crippen LogP contribution is -2.32. The maximum atomic E-state index is 11.8. The minimum Gasteiger partial charge on any atom is -0.430 e. The second-order valence-electron chi connectivity index (χ2n) is 5.08. The fraction of sp³-hybridized carbons (Fsp3) is 0.353. The van der Waals surface area contributed by atoms with E-state index in [0.29, 0.717) is 12.1 Å². The molecule has 3 heteroatoms. The summed E-state index contributed by atoms with van der Waals surface area (Å²) >= 11 is 0. The van der Waals surface area contributed by atoms with Crippen molar-refractivity contribution < 1.29 is 9.53 Å². The van der Waals surface area contributed by atoms with Crippen molar-refractivity contribution in [2.45, 2.75) is 39.2 Å². The zero-order chi connectivity index (χ0) is 15.0. The van der Waals surface area contributed by atoms with Gasteiger partial charge in [-0.15, -0.1) is 6.42 Å². The zero-order valence-electron chi connectivity index (χ0n) is 12.3. The van der Waals surface area contributed by atoms with E-state index >= 15 is 0 Å². The van der Waals surface area contributed by atoms with E-state index < -0.39 is 11.7 Å². The summed E-state index contributed by atoms with van der Waals surface area (Å²) in [5.74, 6) is 2.56. The number of nitrogens with one attached hydrogen (secondary N) is 1. The molecule has 0 aliphatic rings. The Morgan fingerprint density at radius 2 is 2.05 bits per heavy atom. The molecule has 0 spiro atoms. The highest BCUT2D eigenvalue weighted by Crippen LogP contribution is 2.19. The minimum atomic E-state index is -0.898. The van der Waals surface area contributed by atoms with Gasteiger partial charge in [0.05, 0.1) is 0 Å². The van der Waals surface area contributed by atoms with E-state index in [4.69, 9.17) is 11.2 Å². The van der Waals surface area contributed by atoms with Crippen molar-refractivity contribution in [1.82, 2.24) is 0 Å². The highest BCUT2D eigenvalue weighted by molar-refractivity contribution is 5.84. The number of benzene rings is 1. The average Bonchev–Trinajstić information content (AvgIpc) is 2.39. The Morgan fingerprint density at radius 1 is 1.40 bits per heavy atom. The smallest absolute Gasteiger partial charge is 0.413 e. The normalized spacial score (nSPS) is 12.7. The monoisotopic (exact) mass is 271 g/mol. The van der Waals surface area contributed by atoms with Gasteiger partial charge in [0.15, 0.2) is 5.60 Å². The molecule has 1 rings (SSSR count). The lowest BCUT2D eigenvalue weighted by Gasteiger charge is -2.23. The van der Waals surface area contributed by atoms with Crippen molar-refractivity contribution in [3.63, 3.8) is 0 Å². The van der Waals surface area contributed by atoms with Crippen LogP contribution in [-0.2, 0) is 4.74 Å². The lowest BCUT2D eigenvalue weighted by atomic mass is 10.0.